The first kappa shape index (κ1) is 14.4. The number of methoxy groups -OCH3 is 1. The molecule has 0 spiro atoms. The molecule has 0 aliphatic heterocycles. The van der Waals surface area contributed by atoms with Crippen LogP contribution in [0.15, 0.2) is 18.2 Å². The largest absolute Gasteiger partial charge is 0.496 e. The number of benzene rings is 1. The third-order valence-electron chi connectivity index (χ3n) is 2.11. The lowest BCUT2D eigenvalue weighted by molar-refractivity contribution is -0.305. The molecule has 1 aromatic carbocycles. The zero-order valence-corrected chi connectivity index (χ0v) is 9.33. The molecule has 0 heterocycles. The van der Waals surface area contributed by atoms with Gasteiger partial charge in [0.05, 0.1) is 13.7 Å². The Morgan fingerprint density at radius 1 is 1.39 bits per heavy atom. The van der Waals surface area contributed by atoms with Crippen LogP contribution < -0.4 is 4.74 Å². The lowest BCUT2D eigenvalue weighted by atomic mass is 10.1. The Morgan fingerprint density at radius 2 is 2.06 bits per heavy atom. The van der Waals surface area contributed by atoms with Crippen molar-refractivity contribution in [2.24, 2.45) is 0 Å². The van der Waals surface area contributed by atoms with Gasteiger partial charge in [-0.1, -0.05) is 0 Å². The second-order valence-corrected chi connectivity index (χ2v) is 3.34. The number of carbonyl (C=O) groups excluding carboxylic acids is 1. The van der Waals surface area contributed by atoms with Crippen LogP contribution >= 0.6 is 0 Å². The zero-order valence-electron chi connectivity index (χ0n) is 9.33. The SMILES string of the molecule is COc1ccc(C=O)cc1COC(F)(F)C(F)F. The van der Waals surface area contributed by atoms with Gasteiger partial charge in [0, 0.05) is 11.1 Å². The summed E-state index contributed by atoms with van der Waals surface area (Å²) in [5, 5.41) is 0. The fraction of sp³-hybridized carbons (Fsp3) is 0.364. The third kappa shape index (κ3) is 3.43. The summed E-state index contributed by atoms with van der Waals surface area (Å²) in [5.74, 6) is 0.172. The van der Waals surface area contributed by atoms with Crippen LogP contribution in [0.4, 0.5) is 17.6 Å². The summed E-state index contributed by atoms with van der Waals surface area (Å²) in [4.78, 5) is 10.5. The van der Waals surface area contributed by atoms with Crippen molar-refractivity contribution in [1.82, 2.24) is 0 Å². The Balaban J connectivity index is 2.86. The summed E-state index contributed by atoms with van der Waals surface area (Å²) < 4.78 is 57.6. The van der Waals surface area contributed by atoms with E-state index in [1.54, 1.807) is 0 Å². The lowest BCUT2D eigenvalue weighted by Crippen LogP contribution is -2.29. The number of alkyl halides is 4. The summed E-state index contributed by atoms with van der Waals surface area (Å²) in [6.07, 6.45) is -7.96. The summed E-state index contributed by atoms with van der Waals surface area (Å²) in [7, 11) is 1.28. The molecule has 0 amide bonds. The van der Waals surface area contributed by atoms with Gasteiger partial charge in [0.15, 0.2) is 0 Å². The molecule has 0 saturated carbocycles. The standard InChI is InChI=1S/C11H10F4O3/c1-17-9-3-2-7(5-16)4-8(9)6-18-11(14,15)10(12)13/h2-5,10H,6H2,1H3. The summed E-state index contributed by atoms with van der Waals surface area (Å²) in [6.45, 7) is -0.789. The van der Waals surface area contributed by atoms with Gasteiger partial charge in [-0.05, 0) is 18.2 Å². The molecule has 0 aliphatic carbocycles. The molecular formula is C11H10F4O3. The third-order valence-corrected chi connectivity index (χ3v) is 2.11. The van der Waals surface area contributed by atoms with Crippen LogP contribution in [0.25, 0.3) is 0 Å². The monoisotopic (exact) mass is 266 g/mol. The second-order valence-electron chi connectivity index (χ2n) is 3.34. The van der Waals surface area contributed by atoms with E-state index in [2.05, 4.69) is 4.74 Å². The van der Waals surface area contributed by atoms with Gasteiger partial charge in [-0.2, -0.15) is 8.78 Å². The van der Waals surface area contributed by atoms with E-state index >= 15 is 0 Å². The molecule has 0 fully saturated rings. The molecule has 0 unspecified atom stereocenters. The van der Waals surface area contributed by atoms with E-state index in [9.17, 15) is 22.4 Å². The van der Waals surface area contributed by atoms with Gasteiger partial charge in [-0.3, -0.25) is 4.79 Å². The molecule has 100 valence electrons. The summed E-state index contributed by atoms with van der Waals surface area (Å²) in [5.41, 5.74) is 0.289. The van der Waals surface area contributed by atoms with Gasteiger partial charge in [0.1, 0.15) is 12.0 Å². The van der Waals surface area contributed by atoms with Gasteiger partial charge < -0.3 is 9.47 Å². The van der Waals surface area contributed by atoms with Crippen molar-refractivity contribution in [1.29, 1.82) is 0 Å². The van der Waals surface area contributed by atoms with E-state index in [0.29, 0.717) is 6.29 Å². The minimum Gasteiger partial charge on any atom is -0.496 e. The van der Waals surface area contributed by atoms with Crippen molar-refractivity contribution in [2.75, 3.05) is 7.11 Å². The van der Waals surface area contributed by atoms with Crippen molar-refractivity contribution < 1.29 is 31.8 Å². The molecule has 0 aromatic heterocycles. The van der Waals surface area contributed by atoms with Crippen LogP contribution in [0.2, 0.25) is 0 Å². The lowest BCUT2D eigenvalue weighted by Gasteiger charge is -2.16. The van der Waals surface area contributed by atoms with Crippen LogP contribution in [0.5, 0.6) is 5.75 Å². The average Bonchev–Trinajstić information content (AvgIpc) is 2.35. The molecule has 0 radical (unpaired) electrons. The van der Waals surface area contributed by atoms with E-state index in [1.165, 1.54) is 25.3 Å². The van der Waals surface area contributed by atoms with Crippen molar-refractivity contribution in [2.45, 2.75) is 19.1 Å². The topological polar surface area (TPSA) is 35.5 Å². The van der Waals surface area contributed by atoms with Crippen LogP contribution in [0, 0.1) is 0 Å². The Hall–Kier alpha value is -1.63. The first-order valence-corrected chi connectivity index (χ1v) is 4.82. The number of hydrogen-bond donors (Lipinski definition) is 0. The van der Waals surface area contributed by atoms with Gasteiger partial charge in [-0.15, -0.1) is 0 Å². The molecule has 0 atom stereocenters. The first-order valence-electron chi connectivity index (χ1n) is 4.82. The van der Waals surface area contributed by atoms with Crippen molar-refractivity contribution in [3.05, 3.63) is 29.3 Å². The Labute approximate surface area is 100 Å². The van der Waals surface area contributed by atoms with E-state index in [-0.39, 0.29) is 16.9 Å². The predicted molar refractivity (Wildman–Crippen MR) is 54.1 cm³/mol. The van der Waals surface area contributed by atoms with E-state index in [4.69, 9.17) is 4.74 Å². The van der Waals surface area contributed by atoms with E-state index in [1.807, 2.05) is 0 Å². The molecule has 7 heteroatoms. The highest BCUT2D eigenvalue weighted by Gasteiger charge is 2.42. The van der Waals surface area contributed by atoms with Crippen LogP contribution in [0.3, 0.4) is 0 Å². The van der Waals surface area contributed by atoms with E-state index in [0.717, 1.165) is 0 Å². The molecule has 1 aromatic rings. The van der Waals surface area contributed by atoms with Gasteiger partial charge in [-0.25, -0.2) is 8.78 Å². The quantitative estimate of drug-likeness (QED) is 0.586. The summed E-state index contributed by atoms with van der Waals surface area (Å²) in [6, 6.07) is 4.00. The minimum absolute atomic E-state index is 0.0856. The Bertz CT molecular complexity index is 421. The fourth-order valence-electron chi connectivity index (χ4n) is 1.22. The first-order chi connectivity index (χ1) is 8.40. The Kier molecular flexibility index (Phi) is 4.66. The number of rotatable bonds is 6. The maximum atomic E-state index is 12.6. The summed E-state index contributed by atoms with van der Waals surface area (Å²) >= 11 is 0. The number of aldehydes is 1. The van der Waals surface area contributed by atoms with Crippen molar-refractivity contribution in [3.8, 4) is 5.75 Å². The molecule has 0 saturated heterocycles. The molecule has 3 nitrogen and oxygen atoms in total. The number of halogens is 4. The number of ether oxygens (including phenoxy) is 2. The van der Waals surface area contributed by atoms with Crippen LogP contribution in [-0.2, 0) is 11.3 Å². The molecule has 18 heavy (non-hydrogen) atoms. The maximum absolute atomic E-state index is 12.6. The molecule has 0 N–H and O–H groups in total. The van der Waals surface area contributed by atoms with E-state index < -0.39 is 19.1 Å². The predicted octanol–water partition coefficient (Wildman–Crippen LogP) is 2.88. The second kappa shape index (κ2) is 5.81. The Morgan fingerprint density at radius 3 is 2.56 bits per heavy atom. The normalized spacial score (nSPS) is 11.7. The molecule has 0 aliphatic rings. The zero-order chi connectivity index (χ0) is 13.8. The number of hydrogen-bond acceptors (Lipinski definition) is 3. The highest BCUT2D eigenvalue weighted by atomic mass is 19.3. The van der Waals surface area contributed by atoms with Crippen LogP contribution in [0.1, 0.15) is 15.9 Å². The van der Waals surface area contributed by atoms with Crippen molar-refractivity contribution >= 4 is 6.29 Å². The molecule has 0 bridgehead atoms. The highest BCUT2D eigenvalue weighted by Crippen LogP contribution is 2.28. The minimum atomic E-state index is -4.54. The molecular weight excluding hydrogens is 256 g/mol. The smallest absolute Gasteiger partial charge is 0.416 e. The molecule has 1 rings (SSSR count). The average molecular weight is 266 g/mol. The van der Waals surface area contributed by atoms with Crippen LogP contribution in [-0.4, -0.2) is 25.9 Å². The van der Waals surface area contributed by atoms with Crippen molar-refractivity contribution in [3.63, 3.8) is 0 Å². The van der Waals surface area contributed by atoms with Gasteiger partial charge in [0.2, 0.25) is 0 Å². The fourth-order valence-corrected chi connectivity index (χ4v) is 1.22. The van der Waals surface area contributed by atoms with Gasteiger partial charge >= 0.3 is 12.5 Å². The maximum Gasteiger partial charge on any atom is 0.416 e. The van der Waals surface area contributed by atoms with Gasteiger partial charge in [0.25, 0.3) is 0 Å². The highest BCUT2D eigenvalue weighted by molar-refractivity contribution is 5.75. The number of carbonyl (C=O) groups is 1.